The highest BCUT2D eigenvalue weighted by Crippen LogP contribution is 2.41. The molecule has 5 heteroatoms. The summed E-state index contributed by atoms with van der Waals surface area (Å²) in [5.74, 6) is -0.369. The molecule has 22 heavy (non-hydrogen) atoms. The Morgan fingerprint density at radius 2 is 1.91 bits per heavy atom. The third kappa shape index (κ3) is 3.76. The first-order chi connectivity index (χ1) is 10.3. The van der Waals surface area contributed by atoms with Gasteiger partial charge in [0, 0.05) is 18.8 Å². The fourth-order valence-electron chi connectivity index (χ4n) is 3.24. The van der Waals surface area contributed by atoms with Gasteiger partial charge in [0.05, 0.1) is 12.2 Å². The highest BCUT2D eigenvalue weighted by molar-refractivity contribution is 5.86. The van der Waals surface area contributed by atoms with Crippen LogP contribution in [0.15, 0.2) is 11.1 Å². The summed E-state index contributed by atoms with van der Waals surface area (Å²) in [6.45, 7) is 9.47. The number of allylic oxidation sites excluding steroid dienone is 2. The van der Waals surface area contributed by atoms with E-state index in [1.165, 1.54) is 18.1 Å². The number of ether oxygens (including phenoxy) is 3. The Kier molecular flexibility index (Phi) is 5.40. The van der Waals surface area contributed by atoms with Gasteiger partial charge in [0.25, 0.3) is 0 Å². The number of hydrogen-bond acceptors (Lipinski definition) is 5. The van der Waals surface area contributed by atoms with Crippen LogP contribution in [0.2, 0.25) is 0 Å². The zero-order chi connectivity index (χ0) is 16.4. The normalized spacial score (nSPS) is 32.2. The maximum atomic E-state index is 12.7. The van der Waals surface area contributed by atoms with Crippen molar-refractivity contribution >= 4 is 11.8 Å². The SMILES string of the molecule is CC(=O)OC[C@H]1O[C@H](OC(C)C)C(=O)[C@H]2CC(C)=C(C)C[C@@H]21. The minimum absolute atomic E-state index is 0.0182. The largest absolute Gasteiger partial charge is 0.463 e. The lowest BCUT2D eigenvalue weighted by Gasteiger charge is -2.43. The number of fused-ring (bicyclic) bond motifs is 1. The van der Waals surface area contributed by atoms with E-state index in [2.05, 4.69) is 13.8 Å². The summed E-state index contributed by atoms with van der Waals surface area (Å²) in [5.41, 5.74) is 2.57. The van der Waals surface area contributed by atoms with Gasteiger partial charge in [-0.25, -0.2) is 0 Å². The van der Waals surface area contributed by atoms with Crippen molar-refractivity contribution in [2.45, 2.75) is 66.0 Å². The molecule has 0 bridgehead atoms. The summed E-state index contributed by atoms with van der Waals surface area (Å²) in [4.78, 5) is 23.8. The second kappa shape index (κ2) is 6.92. The molecule has 0 N–H and O–H groups in total. The Labute approximate surface area is 132 Å². The van der Waals surface area contributed by atoms with Gasteiger partial charge < -0.3 is 14.2 Å². The van der Waals surface area contributed by atoms with E-state index in [1.807, 2.05) is 13.8 Å². The highest BCUT2D eigenvalue weighted by atomic mass is 16.7. The summed E-state index contributed by atoms with van der Waals surface area (Å²) in [7, 11) is 0. The van der Waals surface area contributed by atoms with Gasteiger partial charge in [-0.2, -0.15) is 0 Å². The van der Waals surface area contributed by atoms with Crippen molar-refractivity contribution in [3.63, 3.8) is 0 Å². The Bertz CT molecular complexity index is 479. The predicted octanol–water partition coefficient (Wildman–Crippen LogP) is 2.63. The molecule has 1 saturated heterocycles. The number of ketones is 1. The van der Waals surface area contributed by atoms with Crippen LogP contribution < -0.4 is 0 Å². The van der Waals surface area contributed by atoms with E-state index < -0.39 is 6.29 Å². The average molecular weight is 310 g/mol. The summed E-state index contributed by atoms with van der Waals surface area (Å²) in [6.07, 6.45) is 0.309. The van der Waals surface area contributed by atoms with Gasteiger partial charge in [-0.1, -0.05) is 11.1 Å². The zero-order valence-electron chi connectivity index (χ0n) is 14.0. The lowest BCUT2D eigenvalue weighted by atomic mass is 9.70. The van der Waals surface area contributed by atoms with Gasteiger partial charge in [0.2, 0.25) is 6.29 Å². The minimum Gasteiger partial charge on any atom is -0.463 e. The number of carbonyl (C=O) groups excluding carboxylic acids is 2. The fraction of sp³-hybridized carbons (Fsp3) is 0.765. The monoisotopic (exact) mass is 310 g/mol. The molecule has 0 radical (unpaired) electrons. The Hall–Kier alpha value is -1.20. The maximum Gasteiger partial charge on any atom is 0.302 e. The molecule has 1 fully saturated rings. The molecule has 2 rings (SSSR count). The number of esters is 1. The van der Waals surface area contributed by atoms with Crippen LogP contribution in [-0.4, -0.2) is 36.9 Å². The van der Waals surface area contributed by atoms with E-state index in [-0.39, 0.29) is 42.4 Å². The van der Waals surface area contributed by atoms with Crippen LogP contribution >= 0.6 is 0 Å². The van der Waals surface area contributed by atoms with Crippen LogP contribution in [0, 0.1) is 11.8 Å². The van der Waals surface area contributed by atoms with Gasteiger partial charge in [-0.15, -0.1) is 0 Å². The van der Waals surface area contributed by atoms with E-state index in [9.17, 15) is 9.59 Å². The summed E-state index contributed by atoms with van der Waals surface area (Å²) in [5, 5.41) is 0. The van der Waals surface area contributed by atoms with E-state index in [0.29, 0.717) is 0 Å². The Balaban J connectivity index is 2.20. The van der Waals surface area contributed by atoms with Crippen LogP contribution in [0.1, 0.15) is 47.5 Å². The van der Waals surface area contributed by atoms with Gasteiger partial charge >= 0.3 is 5.97 Å². The molecule has 0 aromatic heterocycles. The molecule has 0 spiro atoms. The molecule has 0 aromatic rings. The quantitative estimate of drug-likeness (QED) is 0.590. The smallest absolute Gasteiger partial charge is 0.302 e. The number of rotatable bonds is 4. The first-order valence-electron chi connectivity index (χ1n) is 7.92. The molecule has 1 heterocycles. The van der Waals surface area contributed by atoms with Crippen molar-refractivity contribution in [1.29, 1.82) is 0 Å². The third-order valence-electron chi connectivity index (χ3n) is 4.53. The second-order valence-corrected chi connectivity index (χ2v) is 6.64. The Morgan fingerprint density at radius 3 is 2.50 bits per heavy atom. The summed E-state index contributed by atoms with van der Waals surface area (Å²) < 4.78 is 16.6. The molecule has 0 unspecified atom stereocenters. The van der Waals surface area contributed by atoms with Crippen molar-refractivity contribution in [2.24, 2.45) is 11.8 Å². The number of carbonyl (C=O) groups is 2. The summed E-state index contributed by atoms with van der Waals surface area (Å²) >= 11 is 0. The van der Waals surface area contributed by atoms with E-state index in [1.54, 1.807) is 0 Å². The van der Waals surface area contributed by atoms with Crippen LogP contribution in [0.4, 0.5) is 0 Å². The van der Waals surface area contributed by atoms with E-state index in [0.717, 1.165) is 12.8 Å². The van der Waals surface area contributed by atoms with Crippen LogP contribution in [0.3, 0.4) is 0 Å². The molecular formula is C17H26O5. The van der Waals surface area contributed by atoms with Crippen molar-refractivity contribution in [2.75, 3.05) is 6.61 Å². The molecule has 124 valence electrons. The third-order valence-corrected chi connectivity index (χ3v) is 4.53. The summed E-state index contributed by atoms with van der Waals surface area (Å²) in [6, 6.07) is 0. The second-order valence-electron chi connectivity index (χ2n) is 6.64. The van der Waals surface area contributed by atoms with E-state index in [4.69, 9.17) is 14.2 Å². The minimum atomic E-state index is -0.854. The lowest BCUT2D eigenvalue weighted by molar-refractivity contribution is -0.232. The molecule has 5 nitrogen and oxygen atoms in total. The Morgan fingerprint density at radius 1 is 1.27 bits per heavy atom. The molecule has 1 aliphatic carbocycles. The molecule has 0 aromatic carbocycles. The standard InChI is InChI=1S/C17H26O5/c1-9(2)21-17-16(19)14-7-11(4)10(3)6-13(14)15(22-17)8-20-12(5)18/h9,13-15,17H,6-8H2,1-5H3/t13-,14-,15+,17-/m0/s1. The van der Waals surface area contributed by atoms with Crippen molar-refractivity contribution in [3.8, 4) is 0 Å². The molecule has 2 aliphatic rings. The van der Waals surface area contributed by atoms with Crippen molar-refractivity contribution in [1.82, 2.24) is 0 Å². The van der Waals surface area contributed by atoms with Crippen molar-refractivity contribution in [3.05, 3.63) is 11.1 Å². The number of Topliss-reactive ketones (excluding diaryl/α,β-unsaturated/α-hetero) is 1. The van der Waals surface area contributed by atoms with Crippen LogP contribution in [-0.2, 0) is 23.8 Å². The molecule has 4 atom stereocenters. The predicted molar refractivity (Wildman–Crippen MR) is 81.1 cm³/mol. The van der Waals surface area contributed by atoms with Gasteiger partial charge in [-0.3, -0.25) is 9.59 Å². The first kappa shape index (κ1) is 17.2. The fourth-order valence-corrected chi connectivity index (χ4v) is 3.24. The number of hydrogen-bond donors (Lipinski definition) is 0. The first-order valence-corrected chi connectivity index (χ1v) is 7.92. The lowest BCUT2D eigenvalue weighted by Crippen LogP contribution is -2.52. The molecule has 0 saturated carbocycles. The molecular weight excluding hydrogens is 284 g/mol. The maximum absolute atomic E-state index is 12.7. The van der Waals surface area contributed by atoms with Gasteiger partial charge in [-0.05, 0) is 40.5 Å². The molecule has 0 amide bonds. The van der Waals surface area contributed by atoms with Gasteiger partial charge in [0.1, 0.15) is 6.61 Å². The topological polar surface area (TPSA) is 61.8 Å². The van der Waals surface area contributed by atoms with Crippen LogP contribution in [0.25, 0.3) is 0 Å². The average Bonchev–Trinajstić information content (AvgIpc) is 2.42. The molecule has 1 aliphatic heterocycles. The van der Waals surface area contributed by atoms with Crippen molar-refractivity contribution < 1.29 is 23.8 Å². The highest BCUT2D eigenvalue weighted by Gasteiger charge is 2.47. The zero-order valence-corrected chi connectivity index (χ0v) is 14.0. The van der Waals surface area contributed by atoms with E-state index >= 15 is 0 Å². The van der Waals surface area contributed by atoms with Gasteiger partial charge in [0.15, 0.2) is 5.78 Å². The van der Waals surface area contributed by atoms with Crippen LogP contribution in [0.5, 0.6) is 0 Å².